The zero-order valence-corrected chi connectivity index (χ0v) is 7.34. The second-order valence-electron chi connectivity index (χ2n) is 2.48. The first kappa shape index (κ1) is 6.03. The molecule has 0 aromatic carbocycles. The van der Waals surface area contributed by atoms with Crippen LogP contribution in [0.25, 0.3) is 4.91 Å². The summed E-state index contributed by atoms with van der Waals surface area (Å²) in [4.78, 5) is 5.89. The average Bonchev–Trinajstić information content (AvgIpc) is 2.52. The van der Waals surface area contributed by atoms with Gasteiger partial charge in [0.25, 0.3) is 0 Å². The van der Waals surface area contributed by atoms with E-state index in [2.05, 4.69) is 22.5 Å². The lowest BCUT2D eigenvalue weighted by Gasteiger charge is -1.87. The van der Waals surface area contributed by atoms with Crippen molar-refractivity contribution in [3.05, 3.63) is 33.1 Å². The fraction of sp³-hybridized carbons (Fsp3) is 0.125. The number of hydrogen-bond donors (Lipinski definition) is 0. The zero-order chi connectivity index (χ0) is 7.26. The SMILES string of the molecule is C1=C2N=c3ccsc3=C2SC1. The standard InChI is InChI=1S/C8H5NS2/c1-3-10-7-5(1)9-6-2-4-11-8(6)7/h1-3H,4H2. The summed E-state index contributed by atoms with van der Waals surface area (Å²) in [7, 11) is 0. The Bertz CT molecular complexity index is 453. The average molecular weight is 179 g/mol. The van der Waals surface area contributed by atoms with Gasteiger partial charge in [0.1, 0.15) is 0 Å². The van der Waals surface area contributed by atoms with Gasteiger partial charge in [0, 0.05) is 5.75 Å². The molecule has 0 bridgehead atoms. The van der Waals surface area contributed by atoms with Crippen molar-refractivity contribution in [2.75, 3.05) is 5.75 Å². The largest absolute Gasteiger partial charge is 0.247 e. The highest BCUT2D eigenvalue weighted by Crippen LogP contribution is 2.33. The summed E-state index contributed by atoms with van der Waals surface area (Å²) in [6, 6.07) is 2.09. The maximum Gasteiger partial charge on any atom is 0.0829 e. The Kier molecular flexibility index (Phi) is 1.09. The van der Waals surface area contributed by atoms with Crippen LogP contribution in [0.1, 0.15) is 0 Å². The zero-order valence-electron chi connectivity index (χ0n) is 5.70. The molecule has 1 aromatic rings. The molecule has 0 fully saturated rings. The summed E-state index contributed by atoms with van der Waals surface area (Å²) in [5, 5.41) is 3.28. The van der Waals surface area contributed by atoms with E-state index < -0.39 is 0 Å². The van der Waals surface area contributed by atoms with E-state index in [1.54, 1.807) is 11.3 Å². The number of thioether (sulfide) groups is 1. The Hall–Kier alpha value is -0.540. The molecule has 0 saturated heterocycles. The first-order valence-electron chi connectivity index (χ1n) is 3.45. The van der Waals surface area contributed by atoms with Crippen LogP contribution in [0.15, 0.2) is 28.2 Å². The van der Waals surface area contributed by atoms with Crippen LogP contribution in [0, 0.1) is 0 Å². The maximum atomic E-state index is 4.49. The van der Waals surface area contributed by atoms with Crippen LogP contribution in [0.2, 0.25) is 0 Å². The van der Waals surface area contributed by atoms with Gasteiger partial charge in [-0.2, -0.15) is 0 Å². The molecule has 0 amide bonds. The smallest absolute Gasteiger partial charge is 0.0829 e. The van der Waals surface area contributed by atoms with Gasteiger partial charge in [-0.15, -0.1) is 23.1 Å². The van der Waals surface area contributed by atoms with Gasteiger partial charge >= 0.3 is 0 Å². The third kappa shape index (κ3) is 0.698. The van der Waals surface area contributed by atoms with Gasteiger partial charge in [-0.25, -0.2) is 4.99 Å². The van der Waals surface area contributed by atoms with Crippen LogP contribution >= 0.6 is 23.1 Å². The molecular weight excluding hydrogens is 174 g/mol. The predicted octanol–water partition coefficient (Wildman–Crippen LogP) is 1.12. The number of nitrogens with zero attached hydrogens (tertiary/aromatic N) is 1. The predicted molar refractivity (Wildman–Crippen MR) is 49.0 cm³/mol. The number of thiophene rings is 1. The molecule has 0 radical (unpaired) electrons. The van der Waals surface area contributed by atoms with E-state index in [1.165, 1.54) is 20.5 Å². The van der Waals surface area contributed by atoms with Gasteiger partial charge < -0.3 is 0 Å². The molecule has 2 aliphatic rings. The topological polar surface area (TPSA) is 12.4 Å². The summed E-state index contributed by atoms with van der Waals surface area (Å²) < 4.78 is 1.37. The minimum Gasteiger partial charge on any atom is -0.247 e. The Labute approximate surface area is 72.2 Å². The van der Waals surface area contributed by atoms with Gasteiger partial charge in [0.15, 0.2) is 0 Å². The Balaban J connectivity index is 2.55. The minimum absolute atomic E-state index is 1.10. The highest BCUT2D eigenvalue weighted by atomic mass is 32.2. The number of hydrogen-bond acceptors (Lipinski definition) is 3. The van der Waals surface area contributed by atoms with Crippen molar-refractivity contribution < 1.29 is 0 Å². The van der Waals surface area contributed by atoms with Crippen LogP contribution in [0.5, 0.6) is 0 Å². The fourth-order valence-corrected chi connectivity index (χ4v) is 3.36. The third-order valence-corrected chi connectivity index (χ3v) is 3.91. The Morgan fingerprint density at radius 1 is 1.45 bits per heavy atom. The first-order valence-corrected chi connectivity index (χ1v) is 5.31. The van der Waals surface area contributed by atoms with Gasteiger partial charge in [0.2, 0.25) is 0 Å². The van der Waals surface area contributed by atoms with Crippen molar-refractivity contribution in [2.45, 2.75) is 0 Å². The third-order valence-electron chi connectivity index (χ3n) is 1.83. The van der Waals surface area contributed by atoms with E-state index in [0.717, 1.165) is 5.75 Å². The lowest BCUT2D eigenvalue weighted by molar-refractivity contribution is 1.34. The van der Waals surface area contributed by atoms with E-state index in [0.29, 0.717) is 0 Å². The summed E-state index contributed by atoms with van der Waals surface area (Å²) in [6.45, 7) is 0. The highest BCUT2D eigenvalue weighted by Gasteiger charge is 2.17. The summed E-state index contributed by atoms with van der Waals surface area (Å²) in [5.41, 5.74) is 1.21. The van der Waals surface area contributed by atoms with Crippen molar-refractivity contribution in [3.63, 3.8) is 0 Å². The van der Waals surface area contributed by atoms with Crippen LogP contribution in [-0.2, 0) is 0 Å². The van der Waals surface area contributed by atoms with Gasteiger partial charge in [-0.3, -0.25) is 0 Å². The fourth-order valence-electron chi connectivity index (χ4n) is 1.34. The van der Waals surface area contributed by atoms with Crippen molar-refractivity contribution >= 4 is 28.0 Å². The lowest BCUT2D eigenvalue weighted by Crippen LogP contribution is -2.14. The highest BCUT2D eigenvalue weighted by molar-refractivity contribution is 8.08. The van der Waals surface area contributed by atoms with E-state index in [4.69, 9.17) is 0 Å². The molecule has 0 atom stereocenters. The van der Waals surface area contributed by atoms with Gasteiger partial charge in [-0.05, 0) is 17.5 Å². The van der Waals surface area contributed by atoms with Crippen molar-refractivity contribution in [3.8, 4) is 0 Å². The van der Waals surface area contributed by atoms with E-state index in [9.17, 15) is 0 Å². The van der Waals surface area contributed by atoms with Gasteiger partial charge in [-0.1, -0.05) is 0 Å². The monoisotopic (exact) mass is 179 g/mol. The molecule has 3 heteroatoms. The van der Waals surface area contributed by atoms with Gasteiger partial charge in [0.05, 0.1) is 20.5 Å². The second kappa shape index (κ2) is 1.99. The summed E-state index contributed by atoms with van der Waals surface area (Å²) in [5.74, 6) is 1.10. The normalized spacial score (nSPS) is 19.3. The molecular formula is C8H5NS2. The number of fused-ring (bicyclic) bond motifs is 2. The molecule has 3 heterocycles. The van der Waals surface area contributed by atoms with Crippen molar-refractivity contribution in [1.82, 2.24) is 0 Å². The van der Waals surface area contributed by atoms with Crippen LogP contribution < -0.4 is 9.89 Å². The Morgan fingerprint density at radius 2 is 2.45 bits per heavy atom. The minimum atomic E-state index is 1.10. The molecule has 1 nitrogen and oxygen atoms in total. The Morgan fingerprint density at radius 3 is 3.45 bits per heavy atom. The first-order chi connectivity index (χ1) is 5.45. The molecule has 0 aliphatic carbocycles. The second-order valence-corrected chi connectivity index (χ2v) is 4.42. The molecule has 0 N–H and O–H groups in total. The van der Waals surface area contributed by atoms with E-state index >= 15 is 0 Å². The number of rotatable bonds is 0. The molecule has 54 valence electrons. The van der Waals surface area contributed by atoms with Crippen LogP contribution in [-0.4, -0.2) is 5.75 Å². The molecule has 2 aliphatic heterocycles. The molecule has 0 unspecified atom stereocenters. The van der Waals surface area contributed by atoms with Crippen LogP contribution in [0.4, 0.5) is 0 Å². The molecule has 1 aromatic heterocycles. The maximum absolute atomic E-state index is 4.49. The van der Waals surface area contributed by atoms with E-state index in [-0.39, 0.29) is 0 Å². The molecule has 11 heavy (non-hydrogen) atoms. The summed E-state index contributed by atoms with van der Waals surface area (Å²) >= 11 is 3.70. The molecule has 0 saturated carbocycles. The quantitative estimate of drug-likeness (QED) is 0.581. The molecule has 3 rings (SSSR count). The van der Waals surface area contributed by atoms with Crippen molar-refractivity contribution in [2.24, 2.45) is 4.99 Å². The lowest BCUT2D eigenvalue weighted by atomic mass is 10.4. The van der Waals surface area contributed by atoms with E-state index in [1.807, 2.05) is 11.8 Å². The summed E-state index contributed by atoms with van der Waals surface area (Å²) in [6.07, 6.45) is 2.20. The molecule has 0 spiro atoms. The van der Waals surface area contributed by atoms with Crippen LogP contribution in [0.3, 0.4) is 0 Å². The van der Waals surface area contributed by atoms with Crippen molar-refractivity contribution in [1.29, 1.82) is 0 Å².